The molecule has 4 rings (SSSR count). The number of rotatable bonds is 1. The monoisotopic (exact) mass is 324 g/mol. The Hall–Kier alpha value is -2.33. The highest BCUT2D eigenvalue weighted by Gasteiger charge is 2.24. The molecule has 4 nitrogen and oxygen atoms in total. The fourth-order valence-electron chi connectivity index (χ4n) is 2.94. The molecule has 3 aromatic rings. The topological polar surface area (TPSA) is 42.7 Å². The van der Waals surface area contributed by atoms with Gasteiger partial charge in [0.15, 0.2) is 5.82 Å². The van der Waals surface area contributed by atoms with Gasteiger partial charge in [-0.05, 0) is 25.1 Å². The third kappa shape index (κ3) is 2.39. The van der Waals surface area contributed by atoms with Crippen LogP contribution in [-0.4, -0.2) is 21.3 Å². The third-order valence-corrected chi connectivity index (χ3v) is 4.47. The number of nitrogens with one attached hydrogen (secondary N) is 1. The van der Waals surface area contributed by atoms with Crippen molar-refractivity contribution in [2.45, 2.75) is 19.8 Å². The quantitative estimate of drug-likeness (QED) is 0.720. The zero-order valence-corrected chi connectivity index (χ0v) is 13.8. The van der Waals surface area contributed by atoms with E-state index in [0.717, 1.165) is 40.2 Å². The molecule has 0 radical (unpaired) electrons. The standard InChI is InChI=1S/C18H17ClN4/c1-11-3-5-13(6-4-11)18-22-21-17-12(2)10-20-15-9-14(19)7-8-16(15)23(17)18/h3-9,12,20H,10H2,1-2H3/t12-/m1/s1. The molecule has 2 heterocycles. The summed E-state index contributed by atoms with van der Waals surface area (Å²) in [5.41, 5.74) is 4.33. The predicted octanol–water partition coefficient (Wildman–Crippen LogP) is 4.43. The number of hydrogen-bond acceptors (Lipinski definition) is 3. The Morgan fingerprint density at radius 3 is 2.70 bits per heavy atom. The molecule has 0 saturated carbocycles. The fourth-order valence-corrected chi connectivity index (χ4v) is 3.11. The van der Waals surface area contributed by atoms with Crippen molar-refractivity contribution in [3.63, 3.8) is 0 Å². The highest BCUT2D eigenvalue weighted by molar-refractivity contribution is 6.31. The molecule has 1 aromatic heterocycles. The van der Waals surface area contributed by atoms with Crippen LogP contribution < -0.4 is 5.32 Å². The number of benzene rings is 2. The van der Waals surface area contributed by atoms with E-state index in [2.05, 4.69) is 58.2 Å². The molecule has 0 fully saturated rings. The molecule has 0 spiro atoms. The molecular weight excluding hydrogens is 308 g/mol. The maximum absolute atomic E-state index is 6.16. The molecule has 0 bridgehead atoms. The summed E-state index contributed by atoms with van der Waals surface area (Å²) in [6.07, 6.45) is 0. The Bertz CT molecular complexity index is 867. The molecule has 116 valence electrons. The second-order valence-electron chi connectivity index (χ2n) is 6.03. The highest BCUT2D eigenvalue weighted by Crippen LogP contribution is 2.34. The summed E-state index contributed by atoms with van der Waals surface area (Å²) in [4.78, 5) is 0. The molecule has 0 aliphatic carbocycles. The first-order chi connectivity index (χ1) is 11.1. The molecular formula is C18H17ClN4. The van der Waals surface area contributed by atoms with Gasteiger partial charge in [0.1, 0.15) is 5.82 Å². The van der Waals surface area contributed by atoms with Crippen molar-refractivity contribution >= 4 is 17.3 Å². The Balaban J connectivity index is 1.97. The number of fused-ring (bicyclic) bond motifs is 3. The van der Waals surface area contributed by atoms with Gasteiger partial charge in [0, 0.05) is 23.0 Å². The van der Waals surface area contributed by atoms with Crippen molar-refractivity contribution in [3.05, 3.63) is 58.9 Å². The van der Waals surface area contributed by atoms with Crippen molar-refractivity contribution in [1.82, 2.24) is 14.8 Å². The zero-order chi connectivity index (χ0) is 16.0. The minimum absolute atomic E-state index is 0.257. The number of aromatic nitrogens is 3. The summed E-state index contributed by atoms with van der Waals surface area (Å²) in [6.45, 7) is 5.04. The number of nitrogens with zero attached hydrogens (tertiary/aromatic N) is 3. The lowest BCUT2D eigenvalue weighted by atomic mass is 10.1. The molecule has 0 amide bonds. The van der Waals surface area contributed by atoms with E-state index >= 15 is 0 Å². The highest BCUT2D eigenvalue weighted by atomic mass is 35.5. The van der Waals surface area contributed by atoms with Gasteiger partial charge in [-0.2, -0.15) is 0 Å². The van der Waals surface area contributed by atoms with E-state index in [9.17, 15) is 0 Å². The molecule has 1 aliphatic rings. The Morgan fingerprint density at radius 1 is 1.13 bits per heavy atom. The summed E-state index contributed by atoms with van der Waals surface area (Å²) < 4.78 is 2.14. The van der Waals surface area contributed by atoms with E-state index in [1.165, 1.54) is 5.56 Å². The van der Waals surface area contributed by atoms with Crippen molar-refractivity contribution in [2.75, 3.05) is 11.9 Å². The van der Waals surface area contributed by atoms with Gasteiger partial charge < -0.3 is 5.32 Å². The maximum Gasteiger partial charge on any atom is 0.168 e. The van der Waals surface area contributed by atoms with Crippen LogP contribution in [0.3, 0.4) is 0 Å². The van der Waals surface area contributed by atoms with Crippen LogP contribution in [-0.2, 0) is 0 Å². The van der Waals surface area contributed by atoms with Crippen molar-refractivity contribution in [2.24, 2.45) is 0 Å². The van der Waals surface area contributed by atoms with Gasteiger partial charge >= 0.3 is 0 Å². The molecule has 1 atom stereocenters. The predicted molar refractivity (Wildman–Crippen MR) is 93.4 cm³/mol. The zero-order valence-electron chi connectivity index (χ0n) is 13.0. The normalized spacial score (nSPS) is 16.2. The summed E-state index contributed by atoms with van der Waals surface area (Å²) in [7, 11) is 0. The van der Waals surface area contributed by atoms with Gasteiger partial charge in [0.2, 0.25) is 0 Å². The summed E-state index contributed by atoms with van der Waals surface area (Å²) in [5, 5.41) is 13.1. The van der Waals surface area contributed by atoms with Crippen LogP contribution in [0.5, 0.6) is 0 Å². The SMILES string of the molecule is Cc1ccc(-c2nnc3n2-c2ccc(Cl)cc2NC[C@H]3C)cc1. The molecule has 0 saturated heterocycles. The van der Waals surface area contributed by atoms with E-state index < -0.39 is 0 Å². The third-order valence-electron chi connectivity index (χ3n) is 4.24. The average molecular weight is 325 g/mol. The number of halogens is 1. The van der Waals surface area contributed by atoms with Crippen LogP contribution >= 0.6 is 11.6 Å². The van der Waals surface area contributed by atoms with Crippen LogP contribution in [0.1, 0.15) is 24.2 Å². The summed E-state index contributed by atoms with van der Waals surface area (Å²) in [6, 6.07) is 14.2. The average Bonchev–Trinajstić information content (AvgIpc) is 2.93. The summed E-state index contributed by atoms with van der Waals surface area (Å²) in [5.74, 6) is 2.08. The minimum Gasteiger partial charge on any atom is -0.383 e. The maximum atomic E-state index is 6.16. The first-order valence-corrected chi connectivity index (χ1v) is 8.07. The summed E-state index contributed by atoms with van der Waals surface area (Å²) >= 11 is 6.16. The lowest BCUT2D eigenvalue weighted by molar-refractivity contribution is 0.725. The Morgan fingerprint density at radius 2 is 1.91 bits per heavy atom. The molecule has 2 aromatic carbocycles. The van der Waals surface area contributed by atoms with Crippen LogP contribution in [0.2, 0.25) is 5.02 Å². The lowest BCUT2D eigenvalue weighted by Crippen LogP contribution is -2.09. The Labute approximate surface area is 140 Å². The number of hydrogen-bond donors (Lipinski definition) is 1. The van der Waals surface area contributed by atoms with Gasteiger partial charge in [-0.15, -0.1) is 10.2 Å². The van der Waals surface area contributed by atoms with Gasteiger partial charge in [-0.25, -0.2) is 0 Å². The van der Waals surface area contributed by atoms with Crippen LogP contribution in [0, 0.1) is 6.92 Å². The van der Waals surface area contributed by atoms with Gasteiger partial charge in [-0.3, -0.25) is 4.57 Å². The first kappa shape index (κ1) is 14.3. The smallest absolute Gasteiger partial charge is 0.168 e. The van der Waals surface area contributed by atoms with Gasteiger partial charge in [0.25, 0.3) is 0 Å². The Kier molecular flexibility index (Phi) is 3.34. The molecule has 1 N–H and O–H groups in total. The lowest BCUT2D eigenvalue weighted by Gasteiger charge is -2.12. The van der Waals surface area contributed by atoms with Crippen LogP contribution in [0.15, 0.2) is 42.5 Å². The van der Waals surface area contributed by atoms with Crippen molar-refractivity contribution < 1.29 is 0 Å². The van der Waals surface area contributed by atoms with Gasteiger partial charge in [-0.1, -0.05) is 48.4 Å². The van der Waals surface area contributed by atoms with Crippen LogP contribution in [0.25, 0.3) is 17.1 Å². The van der Waals surface area contributed by atoms with E-state index in [-0.39, 0.29) is 5.92 Å². The van der Waals surface area contributed by atoms with Crippen molar-refractivity contribution in [3.8, 4) is 17.1 Å². The molecule has 1 aliphatic heterocycles. The van der Waals surface area contributed by atoms with E-state index in [4.69, 9.17) is 11.6 Å². The van der Waals surface area contributed by atoms with Gasteiger partial charge in [0.05, 0.1) is 11.4 Å². The second-order valence-corrected chi connectivity index (χ2v) is 6.46. The largest absolute Gasteiger partial charge is 0.383 e. The van der Waals surface area contributed by atoms with E-state index in [0.29, 0.717) is 0 Å². The van der Waals surface area contributed by atoms with Crippen LogP contribution in [0.4, 0.5) is 5.69 Å². The number of anilines is 1. The van der Waals surface area contributed by atoms with Crippen molar-refractivity contribution in [1.29, 1.82) is 0 Å². The number of aryl methyl sites for hydroxylation is 1. The second kappa shape index (κ2) is 5.39. The van der Waals surface area contributed by atoms with E-state index in [1.807, 2.05) is 18.2 Å². The van der Waals surface area contributed by atoms with E-state index in [1.54, 1.807) is 0 Å². The molecule has 23 heavy (non-hydrogen) atoms. The molecule has 5 heteroatoms. The molecule has 0 unspecified atom stereocenters. The minimum atomic E-state index is 0.257. The first-order valence-electron chi connectivity index (χ1n) is 7.69. The fraction of sp³-hybridized carbons (Fsp3) is 0.222.